The van der Waals surface area contributed by atoms with Crippen molar-refractivity contribution in [1.82, 2.24) is 0 Å². The molecule has 0 bridgehead atoms. The Morgan fingerprint density at radius 1 is 1.14 bits per heavy atom. The average molecular weight is 503 g/mol. The summed E-state index contributed by atoms with van der Waals surface area (Å²) in [4.78, 5) is 50.6. The number of carbonyl (C=O) groups excluding carboxylic acids is 4. The summed E-state index contributed by atoms with van der Waals surface area (Å²) in [5.74, 6) is -2.62. The molecule has 0 unspecified atom stereocenters. The van der Waals surface area contributed by atoms with Gasteiger partial charge in [0.05, 0.1) is 30.0 Å². The lowest BCUT2D eigenvalue weighted by molar-refractivity contribution is -0.205. The molecule has 10 heteroatoms. The van der Waals surface area contributed by atoms with Crippen LogP contribution in [0.15, 0.2) is 34.3 Å². The van der Waals surface area contributed by atoms with Crippen molar-refractivity contribution in [1.29, 1.82) is 0 Å². The van der Waals surface area contributed by atoms with Gasteiger partial charge < -0.3 is 28.1 Å². The molecule has 5 rings (SSSR count). The van der Waals surface area contributed by atoms with Crippen LogP contribution in [0.1, 0.15) is 65.0 Å². The largest absolute Gasteiger partial charge is 0.472 e. The predicted molar refractivity (Wildman–Crippen MR) is 120 cm³/mol. The summed E-state index contributed by atoms with van der Waals surface area (Å²) in [5, 5.41) is 0. The molecule has 2 aliphatic heterocycles. The molecule has 2 saturated heterocycles. The molecular weight excluding hydrogens is 472 g/mol. The summed E-state index contributed by atoms with van der Waals surface area (Å²) in [5.41, 5.74) is -2.03. The molecule has 0 N–H and O–H groups in total. The number of rotatable bonds is 5. The molecule has 2 spiro atoms. The molecule has 1 aromatic heterocycles. The minimum absolute atomic E-state index is 0.0719. The first-order chi connectivity index (χ1) is 17.1. The van der Waals surface area contributed by atoms with Gasteiger partial charge in [0.2, 0.25) is 0 Å². The second-order valence-corrected chi connectivity index (χ2v) is 10.2. The van der Waals surface area contributed by atoms with E-state index in [1.807, 2.05) is 0 Å². The number of furan rings is 1. The van der Waals surface area contributed by atoms with Crippen molar-refractivity contribution in [3.8, 4) is 0 Å². The summed E-state index contributed by atoms with van der Waals surface area (Å²) in [7, 11) is 0. The number of epoxide rings is 1. The van der Waals surface area contributed by atoms with Crippen LogP contribution in [0, 0.1) is 16.7 Å². The molecule has 10 nitrogen and oxygen atoms in total. The van der Waals surface area contributed by atoms with Crippen LogP contribution in [0.4, 0.5) is 0 Å². The van der Waals surface area contributed by atoms with E-state index in [9.17, 15) is 19.2 Å². The smallest absolute Gasteiger partial charge is 0.317 e. The van der Waals surface area contributed by atoms with E-state index in [0.717, 1.165) is 6.42 Å². The van der Waals surface area contributed by atoms with Gasteiger partial charge in [-0.15, -0.1) is 0 Å². The minimum atomic E-state index is -1.22. The van der Waals surface area contributed by atoms with Crippen molar-refractivity contribution < 1.29 is 47.3 Å². The number of cyclic esters (lactones) is 1. The van der Waals surface area contributed by atoms with Crippen molar-refractivity contribution in [2.45, 2.75) is 71.2 Å². The van der Waals surface area contributed by atoms with Gasteiger partial charge in [-0.3, -0.25) is 19.2 Å². The number of ether oxygens (including phenoxy) is 5. The summed E-state index contributed by atoms with van der Waals surface area (Å²) in [6.45, 7) is 5.69. The SMILES string of the molecule is CC(=O)OC[C@@]12[C@H](CCC[C@]13CO3)[C@@]1(C[C@@H](c3ccoc3)OC1=O)C(C)=C(OC(C)=O)[C@@H]2OC(C)=O. The molecule has 1 saturated carbocycles. The van der Waals surface area contributed by atoms with Crippen molar-refractivity contribution in [3.63, 3.8) is 0 Å². The van der Waals surface area contributed by atoms with Gasteiger partial charge in [-0.05, 0) is 37.3 Å². The van der Waals surface area contributed by atoms with Gasteiger partial charge >= 0.3 is 23.9 Å². The van der Waals surface area contributed by atoms with Crippen LogP contribution in [0.2, 0.25) is 0 Å². The van der Waals surface area contributed by atoms with Gasteiger partial charge in [-0.25, -0.2) is 0 Å². The van der Waals surface area contributed by atoms with E-state index in [0.29, 0.717) is 30.6 Å². The zero-order valence-electron chi connectivity index (χ0n) is 20.8. The fraction of sp³-hybridized carbons (Fsp3) is 0.615. The Labute approximate surface area is 208 Å². The number of esters is 4. The average Bonchev–Trinajstić information content (AvgIpc) is 3.23. The highest BCUT2D eigenvalue weighted by Crippen LogP contribution is 2.71. The third-order valence-corrected chi connectivity index (χ3v) is 8.46. The maximum absolute atomic E-state index is 13.9. The van der Waals surface area contributed by atoms with Gasteiger partial charge in [0.1, 0.15) is 24.1 Å². The van der Waals surface area contributed by atoms with Crippen LogP contribution in [0.25, 0.3) is 0 Å². The molecule has 3 fully saturated rings. The molecule has 6 atom stereocenters. The highest BCUT2D eigenvalue weighted by atomic mass is 16.6. The van der Waals surface area contributed by atoms with E-state index in [-0.39, 0.29) is 18.8 Å². The minimum Gasteiger partial charge on any atom is -0.472 e. The molecule has 0 amide bonds. The Bertz CT molecular complexity index is 1130. The molecule has 194 valence electrons. The predicted octanol–water partition coefficient (Wildman–Crippen LogP) is 3.16. The first-order valence-corrected chi connectivity index (χ1v) is 12.1. The monoisotopic (exact) mass is 502 g/mol. The highest BCUT2D eigenvalue weighted by Gasteiger charge is 2.79. The van der Waals surface area contributed by atoms with Crippen molar-refractivity contribution in [2.75, 3.05) is 13.2 Å². The third-order valence-electron chi connectivity index (χ3n) is 8.46. The molecule has 3 heterocycles. The number of hydrogen-bond donors (Lipinski definition) is 0. The summed E-state index contributed by atoms with van der Waals surface area (Å²) >= 11 is 0. The third kappa shape index (κ3) is 3.41. The van der Waals surface area contributed by atoms with Crippen molar-refractivity contribution in [2.24, 2.45) is 16.7 Å². The lowest BCUT2D eigenvalue weighted by Gasteiger charge is -2.59. The molecule has 0 aromatic carbocycles. The Morgan fingerprint density at radius 2 is 1.89 bits per heavy atom. The molecule has 4 aliphatic rings. The van der Waals surface area contributed by atoms with Gasteiger partial charge in [0, 0.05) is 32.8 Å². The van der Waals surface area contributed by atoms with Crippen LogP contribution in [-0.2, 0) is 42.9 Å². The van der Waals surface area contributed by atoms with E-state index in [4.69, 9.17) is 28.1 Å². The molecule has 1 aromatic rings. The standard InChI is InChI=1S/C26H30O10/c1-14-21(34-16(3)28)22(35-17(4)29)26(13-32-15(2)27)20(6-5-8-24(26)12-33-24)25(14)10-19(36-23(25)30)18-7-9-31-11-18/h7,9,11,19-20,22H,5-6,8,10,12-13H2,1-4H3/t19-,20+,22-,24-,25+,26-/m0/s1. The van der Waals surface area contributed by atoms with Crippen LogP contribution >= 0.6 is 0 Å². The normalized spacial score (nSPS) is 36.9. The Morgan fingerprint density at radius 3 is 2.47 bits per heavy atom. The topological polar surface area (TPSA) is 131 Å². The summed E-state index contributed by atoms with van der Waals surface area (Å²) in [6, 6.07) is 1.74. The lowest BCUT2D eigenvalue weighted by Crippen LogP contribution is -2.67. The van der Waals surface area contributed by atoms with Gasteiger partial charge in [-0.1, -0.05) is 6.42 Å². The Balaban J connectivity index is 1.76. The molecule has 36 heavy (non-hydrogen) atoms. The van der Waals surface area contributed by atoms with E-state index >= 15 is 0 Å². The van der Waals surface area contributed by atoms with Gasteiger partial charge in [0.25, 0.3) is 0 Å². The van der Waals surface area contributed by atoms with E-state index in [2.05, 4.69) is 0 Å². The van der Waals surface area contributed by atoms with E-state index < -0.39 is 58.4 Å². The first kappa shape index (κ1) is 24.5. The Kier molecular flexibility index (Phi) is 5.77. The van der Waals surface area contributed by atoms with Gasteiger partial charge in [0.15, 0.2) is 6.10 Å². The summed E-state index contributed by atoms with van der Waals surface area (Å²) in [6.07, 6.45) is 3.56. The molecule has 0 radical (unpaired) electrons. The molecular formula is C26H30O10. The van der Waals surface area contributed by atoms with Crippen LogP contribution < -0.4 is 0 Å². The fourth-order valence-electron chi connectivity index (χ4n) is 6.94. The van der Waals surface area contributed by atoms with Crippen LogP contribution in [0.5, 0.6) is 0 Å². The second-order valence-electron chi connectivity index (χ2n) is 10.2. The first-order valence-electron chi connectivity index (χ1n) is 12.1. The lowest BCUT2D eigenvalue weighted by atomic mass is 9.45. The van der Waals surface area contributed by atoms with E-state index in [1.54, 1.807) is 13.0 Å². The quantitative estimate of drug-likeness (QED) is 0.336. The number of carbonyl (C=O) groups is 4. The van der Waals surface area contributed by atoms with Gasteiger partial charge in [-0.2, -0.15) is 0 Å². The Hall–Kier alpha value is -3.14. The fourth-order valence-corrected chi connectivity index (χ4v) is 6.94. The maximum Gasteiger partial charge on any atom is 0.317 e. The number of fused-ring (bicyclic) bond motifs is 3. The van der Waals surface area contributed by atoms with Crippen LogP contribution in [0.3, 0.4) is 0 Å². The number of hydrogen-bond acceptors (Lipinski definition) is 10. The summed E-state index contributed by atoms with van der Waals surface area (Å²) < 4.78 is 34.4. The second kappa shape index (κ2) is 8.47. The van der Waals surface area contributed by atoms with Crippen molar-refractivity contribution >= 4 is 23.9 Å². The zero-order chi connectivity index (χ0) is 25.9. The van der Waals surface area contributed by atoms with E-state index in [1.165, 1.54) is 33.3 Å². The molecule has 2 aliphatic carbocycles. The highest BCUT2D eigenvalue weighted by molar-refractivity contribution is 5.85. The van der Waals surface area contributed by atoms with Crippen molar-refractivity contribution in [3.05, 3.63) is 35.5 Å². The van der Waals surface area contributed by atoms with Crippen LogP contribution in [-0.4, -0.2) is 48.8 Å². The maximum atomic E-state index is 13.9. The zero-order valence-corrected chi connectivity index (χ0v) is 20.8.